The van der Waals surface area contributed by atoms with Gasteiger partial charge in [-0.2, -0.15) is 0 Å². The molecule has 0 bridgehead atoms. The second kappa shape index (κ2) is 7.01. The molecule has 0 spiro atoms. The van der Waals surface area contributed by atoms with Crippen LogP contribution in [0.2, 0.25) is 0 Å². The van der Waals surface area contributed by atoms with Crippen molar-refractivity contribution in [1.82, 2.24) is 10.3 Å². The number of hydrogen-bond donors (Lipinski definition) is 2. The van der Waals surface area contributed by atoms with Crippen molar-refractivity contribution >= 4 is 0 Å². The van der Waals surface area contributed by atoms with Gasteiger partial charge in [0.1, 0.15) is 0 Å². The Morgan fingerprint density at radius 2 is 2.16 bits per heavy atom. The molecule has 1 heterocycles. The van der Waals surface area contributed by atoms with Crippen molar-refractivity contribution < 1.29 is 5.11 Å². The lowest BCUT2D eigenvalue weighted by molar-refractivity contribution is 0.162. The predicted molar refractivity (Wildman–Crippen MR) is 77.9 cm³/mol. The van der Waals surface area contributed by atoms with Crippen LogP contribution in [0.1, 0.15) is 38.8 Å². The molecule has 2 rings (SSSR count). The van der Waals surface area contributed by atoms with Gasteiger partial charge in [0.15, 0.2) is 0 Å². The molecule has 1 aliphatic rings. The van der Waals surface area contributed by atoms with Crippen LogP contribution in [-0.4, -0.2) is 28.8 Å². The average molecular weight is 262 g/mol. The van der Waals surface area contributed by atoms with Crippen molar-refractivity contribution in [3.63, 3.8) is 0 Å². The van der Waals surface area contributed by atoms with Crippen molar-refractivity contribution in [2.24, 2.45) is 11.8 Å². The molecule has 0 aliphatic heterocycles. The number of nitrogens with one attached hydrogen (secondary N) is 1. The fourth-order valence-corrected chi connectivity index (χ4v) is 2.67. The molecule has 3 unspecified atom stereocenters. The molecular weight excluding hydrogens is 236 g/mol. The summed E-state index contributed by atoms with van der Waals surface area (Å²) in [5.74, 6) is 1.34. The number of aromatic nitrogens is 1. The van der Waals surface area contributed by atoms with E-state index in [1.807, 2.05) is 19.2 Å². The van der Waals surface area contributed by atoms with Crippen molar-refractivity contribution in [2.45, 2.75) is 51.7 Å². The Morgan fingerprint density at radius 1 is 1.37 bits per heavy atom. The minimum absolute atomic E-state index is 0.202. The maximum absolute atomic E-state index is 9.41. The zero-order valence-electron chi connectivity index (χ0n) is 12.0. The van der Waals surface area contributed by atoms with Crippen LogP contribution in [0.4, 0.5) is 0 Å². The second-order valence-corrected chi connectivity index (χ2v) is 6.07. The highest BCUT2D eigenvalue weighted by Crippen LogP contribution is 2.34. The van der Waals surface area contributed by atoms with Crippen LogP contribution in [0.15, 0.2) is 24.4 Å². The number of aliphatic hydroxyl groups is 1. The standard InChI is InChI=1S/C16H26N2O/c1-12(9-13(2)19)11-18-16(14-6-7-14)10-15-5-3-4-8-17-15/h3-5,8,12-14,16,18-19H,6-7,9-11H2,1-2H3. The first-order chi connectivity index (χ1) is 9.15. The van der Waals surface area contributed by atoms with E-state index >= 15 is 0 Å². The molecule has 0 aromatic carbocycles. The zero-order chi connectivity index (χ0) is 13.7. The topological polar surface area (TPSA) is 45.1 Å². The molecule has 0 amide bonds. The summed E-state index contributed by atoms with van der Waals surface area (Å²) in [6.07, 6.45) is 6.24. The van der Waals surface area contributed by atoms with Gasteiger partial charge in [-0.1, -0.05) is 13.0 Å². The van der Waals surface area contributed by atoms with Crippen molar-refractivity contribution in [3.8, 4) is 0 Å². The maximum Gasteiger partial charge on any atom is 0.0515 e. The molecular formula is C16H26N2O. The highest BCUT2D eigenvalue weighted by atomic mass is 16.3. The Morgan fingerprint density at radius 3 is 2.74 bits per heavy atom. The number of rotatable bonds is 8. The van der Waals surface area contributed by atoms with E-state index in [2.05, 4.69) is 29.4 Å². The summed E-state index contributed by atoms with van der Waals surface area (Å²) < 4.78 is 0. The van der Waals surface area contributed by atoms with E-state index in [1.54, 1.807) is 0 Å². The molecule has 2 N–H and O–H groups in total. The smallest absolute Gasteiger partial charge is 0.0515 e. The predicted octanol–water partition coefficient (Wildman–Crippen LogP) is 2.40. The largest absolute Gasteiger partial charge is 0.393 e. The molecule has 3 heteroatoms. The van der Waals surface area contributed by atoms with Gasteiger partial charge < -0.3 is 10.4 Å². The van der Waals surface area contributed by atoms with Gasteiger partial charge in [-0.25, -0.2) is 0 Å². The summed E-state index contributed by atoms with van der Waals surface area (Å²) >= 11 is 0. The quantitative estimate of drug-likeness (QED) is 0.756. The van der Waals surface area contributed by atoms with Crippen LogP contribution < -0.4 is 5.32 Å². The maximum atomic E-state index is 9.41. The van der Waals surface area contributed by atoms with Crippen LogP contribution in [-0.2, 0) is 6.42 Å². The van der Waals surface area contributed by atoms with Gasteiger partial charge in [0.25, 0.3) is 0 Å². The van der Waals surface area contributed by atoms with E-state index in [0.717, 1.165) is 25.3 Å². The molecule has 0 saturated heterocycles. The molecule has 1 aromatic heterocycles. The molecule has 3 atom stereocenters. The van der Waals surface area contributed by atoms with Crippen LogP contribution in [0.3, 0.4) is 0 Å². The third-order valence-corrected chi connectivity index (χ3v) is 3.82. The molecule has 1 aliphatic carbocycles. The Balaban J connectivity index is 1.80. The summed E-state index contributed by atoms with van der Waals surface area (Å²) in [7, 11) is 0. The van der Waals surface area contributed by atoms with Gasteiger partial charge in [0.05, 0.1) is 6.10 Å². The lowest BCUT2D eigenvalue weighted by Gasteiger charge is -2.21. The van der Waals surface area contributed by atoms with Crippen LogP contribution in [0, 0.1) is 11.8 Å². The Hall–Kier alpha value is -0.930. The van der Waals surface area contributed by atoms with Crippen molar-refractivity contribution in [1.29, 1.82) is 0 Å². The lowest BCUT2D eigenvalue weighted by Crippen LogP contribution is -2.37. The highest BCUT2D eigenvalue weighted by molar-refractivity contribution is 5.07. The van der Waals surface area contributed by atoms with Gasteiger partial charge in [-0.05, 0) is 56.7 Å². The fraction of sp³-hybridized carbons (Fsp3) is 0.688. The minimum Gasteiger partial charge on any atom is -0.393 e. The van der Waals surface area contributed by atoms with E-state index in [1.165, 1.54) is 18.5 Å². The first kappa shape index (κ1) is 14.5. The van der Waals surface area contributed by atoms with Crippen molar-refractivity contribution in [2.75, 3.05) is 6.54 Å². The van der Waals surface area contributed by atoms with E-state index in [-0.39, 0.29) is 6.10 Å². The van der Waals surface area contributed by atoms with E-state index in [4.69, 9.17) is 0 Å². The molecule has 19 heavy (non-hydrogen) atoms. The Labute approximate surface area is 116 Å². The molecule has 3 nitrogen and oxygen atoms in total. The monoisotopic (exact) mass is 262 g/mol. The van der Waals surface area contributed by atoms with Gasteiger partial charge in [0, 0.05) is 24.4 Å². The average Bonchev–Trinajstić information content (AvgIpc) is 3.19. The molecule has 0 radical (unpaired) electrons. The number of hydrogen-bond acceptors (Lipinski definition) is 3. The highest BCUT2D eigenvalue weighted by Gasteiger charge is 2.31. The normalized spacial score (nSPS) is 19.9. The molecule has 1 saturated carbocycles. The van der Waals surface area contributed by atoms with Crippen molar-refractivity contribution in [3.05, 3.63) is 30.1 Å². The fourth-order valence-electron chi connectivity index (χ4n) is 2.67. The number of aliphatic hydroxyl groups excluding tert-OH is 1. The van der Waals surface area contributed by atoms with E-state index < -0.39 is 0 Å². The van der Waals surface area contributed by atoms with Crippen LogP contribution in [0.5, 0.6) is 0 Å². The van der Waals surface area contributed by atoms with E-state index in [0.29, 0.717) is 12.0 Å². The second-order valence-electron chi connectivity index (χ2n) is 6.07. The van der Waals surface area contributed by atoms with Gasteiger partial charge in [-0.3, -0.25) is 4.98 Å². The van der Waals surface area contributed by atoms with Crippen LogP contribution >= 0.6 is 0 Å². The molecule has 1 aromatic rings. The summed E-state index contributed by atoms with van der Waals surface area (Å²) in [6.45, 7) is 5.05. The number of pyridine rings is 1. The Bertz CT molecular complexity index is 362. The van der Waals surface area contributed by atoms with Crippen LogP contribution in [0.25, 0.3) is 0 Å². The summed E-state index contributed by atoms with van der Waals surface area (Å²) in [5.41, 5.74) is 1.18. The molecule has 106 valence electrons. The Kier molecular flexibility index (Phi) is 5.34. The third kappa shape index (κ3) is 5.29. The summed E-state index contributed by atoms with van der Waals surface area (Å²) in [5, 5.41) is 13.1. The van der Waals surface area contributed by atoms with Gasteiger partial charge in [-0.15, -0.1) is 0 Å². The number of nitrogens with zero attached hydrogens (tertiary/aromatic N) is 1. The zero-order valence-corrected chi connectivity index (χ0v) is 12.0. The van der Waals surface area contributed by atoms with Gasteiger partial charge in [0.2, 0.25) is 0 Å². The first-order valence-electron chi connectivity index (χ1n) is 7.46. The van der Waals surface area contributed by atoms with Gasteiger partial charge >= 0.3 is 0 Å². The van der Waals surface area contributed by atoms with E-state index in [9.17, 15) is 5.11 Å². The first-order valence-corrected chi connectivity index (χ1v) is 7.46. The third-order valence-electron chi connectivity index (χ3n) is 3.82. The lowest BCUT2D eigenvalue weighted by atomic mass is 10.0. The summed E-state index contributed by atoms with van der Waals surface area (Å²) in [4.78, 5) is 4.42. The summed E-state index contributed by atoms with van der Waals surface area (Å²) in [6, 6.07) is 6.68. The molecule has 1 fully saturated rings. The SMILES string of the molecule is CC(O)CC(C)CNC(Cc1ccccn1)C1CC1. The minimum atomic E-state index is -0.202.